The van der Waals surface area contributed by atoms with Crippen molar-refractivity contribution in [3.05, 3.63) is 29.2 Å². The number of thiazole rings is 1. The average Bonchev–Trinajstić information content (AvgIpc) is 2.46. The van der Waals surface area contributed by atoms with Crippen molar-refractivity contribution in [1.29, 1.82) is 5.39 Å². The molecular formula is C7H4ClN3S. The molecule has 0 radical (unpaired) electrons. The summed E-state index contributed by atoms with van der Waals surface area (Å²) in [5.41, 5.74) is 0.880. The van der Waals surface area contributed by atoms with Crippen LogP contribution < -0.4 is 12.4 Å². The molecule has 0 aliphatic heterocycles. The summed E-state index contributed by atoms with van der Waals surface area (Å²) in [6.45, 7) is 0. The maximum Gasteiger partial charge on any atom is 0.524 e. The molecule has 3 nitrogen and oxygen atoms in total. The number of hydrogen-bond acceptors (Lipinski definition) is 3. The SMILES string of the molecule is N#[N+]c1nc2ccccc2s1.[Cl-]. The predicted octanol–water partition coefficient (Wildman–Crippen LogP) is -0.215. The monoisotopic (exact) mass is 197 g/mol. The standard InChI is InChI=1S/C7H4N3S.ClH/c8-10-7-9-5-3-1-2-4-6(5)11-7;/h1-4H;1H/q+1;/p-1. The Bertz CT molecular complexity index is 398. The van der Waals surface area contributed by atoms with Gasteiger partial charge in [0.2, 0.25) is 0 Å². The number of aromatic nitrogens is 1. The molecule has 0 amide bonds. The van der Waals surface area contributed by atoms with Crippen LogP contribution in [0.2, 0.25) is 0 Å². The van der Waals surface area contributed by atoms with Crippen LogP contribution in [-0.2, 0) is 0 Å². The third-order valence-electron chi connectivity index (χ3n) is 1.37. The van der Waals surface area contributed by atoms with Crippen LogP contribution in [0.1, 0.15) is 0 Å². The van der Waals surface area contributed by atoms with Gasteiger partial charge in [0, 0.05) is 4.98 Å². The first-order valence-electron chi connectivity index (χ1n) is 3.11. The molecule has 0 aliphatic carbocycles. The van der Waals surface area contributed by atoms with Crippen molar-refractivity contribution in [3.63, 3.8) is 0 Å². The zero-order chi connectivity index (χ0) is 7.68. The number of hydrogen-bond donors (Lipinski definition) is 0. The Labute approximate surface area is 79.1 Å². The molecule has 1 aromatic heterocycles. The maximum absolute atomic E-state index is 8.41. The Balaban J connectivity index is 0.000000720. The van der Waals surface area contributed by atoms with E-state index in [2.05, 4.69) is 9.96 Å². The van der Waals surface area contributed by atoms with Gasteiger partial charge in [0.1, 0.15) is 0 Å². The minimum absolute atomic E-state index is 0. The number of benzene rings is 1. The Morgan fingerprint density at radius 1 is 1.33 bits per heavy atom. The highest BCUT2D eigenvalue weighted by Crippen LogP contribution is 2.26. The first-order valence-corrected chi connectivity index (χ1v) is 3.92. The summed E-state index contributed by atoms with van der Waals surface area (Å²) in [6, 6.07) is 7.67. The Kier molecular flexibility index (Phi) is 2.58. The molecule has 12 heavy (non-hydrogen) atoms. The molecule has 0 saturated carbocycles. The third kappa shape index (κ3) is 1.37. The lowest BCUT2D eigenvalue weighted by molar-refractivity contribution is -0.00000237. The Morgan fingerprint density at radius 3 is 2.75 bits per heavy atom. The van der Waals surface area contributed by atoms with Crippen molar-refractivity contribution in [2.24, 2.45) is 0 Å². The van der Waals surface area contributed by atoms with Crippen LogP contribution in [-0.4, -0.2) is 4.98 Å². The van der Waals surface area contributed by atoms with Crippen LogP contribution >= 0.6 is 11.3 Å². The zero-order valence-electron chi connectivity index (χ0n) is 5.94. The summed E-state index contributed by atoms with van der Waals surface area (Å²) >= 11 is 1.37. The van der Waals surface area contributed by atoms with Gasteiger partial charge in [-0.15, -0.1) is 0 Å². The number of diazo groups is 1. The van der Waals surface area contributed by atoms with E-state index in [1.807, 2.05) is 24.3 Å². The number of rotatable bonds is 0. The lowest BCUT2D eigenvalue weighted by Gasteiger charge is -1.75. The molecule has 2 rings (SSSR count). The van der Waals surface area contributed by atoms with E-state index in [9.17, 15) is 0 Å². The molecule has 0 fully saturated rings. The van der Waals surface area contributed by atoms with Gasteiger partial charge in [0.15, 0.2) is 5.52 Å². The van der Waals surface area contributed by atoms with Crippen LogP contribution in [0.25, 0.3) is 15.2 Å². The highest BCUT2D eigenvalue weighted by molar-refractivity contribution is 7.22. The molecule has 0 atom stereocenters. The fourth-order valence-corrected chi connectivity index (χ4v) is 1.65. The number of nitrogens with zero attached hydrogens (tertiary/aromatic N) is 3. The molecule has 0 aliphatic rings. The Hall–Kier alpha value is -1.18. The Morgan fingerprint density at radius 2 is 2.08 bits per heavy atom. The van der Waals surface area contributed by atoms with Gasteiger partial charge in [-0.2, -0.15) is 0 Å². The molecule has 0 spiro atoms. The van der Waals surface area contributed by atoms with Crippen molar-refractivity contribution in [2.45, 2.75) is 0 Å². The topological polar surface area (TPSA) is 41.0 Å². The van der Waals surface area contributed by atoms with E-state index >= 15 is 0 Å². The summed E-state index contributed by atoms with van der Waals surface area (Å²) in [4.78, 5) is 7.05. The van der Waals surface area contributed by atoms with Gasteiger partial charge in [-0.1, -0.05) is 12.1 Å². The molecule has 1 aromatic carbocycles. The second-order valence-corrected chi connectivity index (χ2v) is 3.07. The van der Waals surface area contributed by atoms with Crippen LogP contribution in [0.5, 0.6) is 0 Å². The predicted molar refractivity (Wildman–Crippen MR) is 44.4 cm³/mol. The molecule has 0 N–H and O–H groups in total. The molecular weight excluding hydrogens is 194 g/mol. The molecule has 5 heteroatoms. The van der Waals surface area contributed by atoms with Crippen LogP contribution in [0.4, 0.5) is 5.13 Å². The molecule has 0 bridgehead atoms. The summed E-state index contributed by atoms with van der Waals surface area (Å²) in [7, 11) is 0. The highest BCUT2D eigenvalue weighted by Gasteiger charge is 2.12. The second-order valence-electron chi connectivity index (χ2n) is 2.06. The molecule has 0 saturated heterocycles. The van der Waals surface area contributed by atoms with Crippen molar-refractivity contribution < 1.29 is 12.4 Å². The van der Waals surface area contributed by atoms with Gasteiger partial charge in [-0.3, -0.25) is 0 Å². The summed E-state index contributed by atoms with van der Waals surface area (Å²) in [6.07, 6.45) is 0. The lowest BCUT2D eigenvalue weighted by Crippen LogP contribution is -3.00. The summed E-state index contributed by atoms with van der Waals surface area (Å²) < 4.78 is 1.04. The smallest absolute Gasteiger partial charge is 0.524 e. The zero-order valence-corrected chi connectivity index (χ0v) is 7.51. The van der Waals surface area contributed by atoms with Gasteiger partial charge >= 0.3 is 5.13 Å². The van der Waals surface area contributed by atoms with E-state index in [-0.39, 0.29) is 12.4 Å². The lowest BCUT2D eigenvalue weighted by atomic mass is 10.3. The van der Waals surface area contributed by atoms with Crippen molar-refractivity contribution in [2.75, 3.05) is 0 Å². The third-order valence-corrected chi connectivity index (χ3v) is 2.29. The fraction of sp³-hybridized carbons (Fsp3) is 0. The molecule has 2 aromatic rings. The fourth-order valence-electron chi connectivity index (χ4n) is 0.903. The van der Waals surface area contributed by atoms with E-state index < -0.39 is 0 Å². The van der Waals surface area contributed by atoms with Gasteiger partial charge in [-0.25, -0.2) is 0 Å². The first kappa shape index (κ1) is 8.91. The van der Waals surface area contributed by atoms with E-state index in [0.29, 0.717) is 5.13 Å². The van der Waals surface area contributed by atoms with Crippen LogP contribution in [0.3, 0.4) is 0 Å². The van der Waals surface area contributed by atoms with Crippen molar-refractivity contribution in [3.8, 4) is 0 Å². The summed E-state index contributed by atoms with van der Waals surface area (Å²) in [5.74, 6) is 0. The minimum atomic E-state index is 0. The highest BCUT2D eigenvalue weighted by atomic mass is 35.5. The first-order chi connectivity index (χ1) is 5.40. The van der Waals surface area contributed by atoms with E-state index in [0.717, 1.165) is 10.2 Å². The van der Waals surface area contributed by atoms with E-state index in [1.165, 1.54) is 11.3 Å². The average molecular weight is 198 g/mol. The van der Waals surface area contributed by atoms with Gasteiger partial charge in [0.05, 0.1) is 10.1 Å². The van der Waals surface area contributed by atoms with Gasteiger partial charge in [0.25, 0.3) is 0 Å². The quantitative estimate of drug-likeness (QED) is 0.549. The molecule has 1 heterocycles. The van der Waals surface area contributed by atoms with Gasteiger partial charge in [-0.05, 0) is 28.5 Å². The number of para-hydroxylation sites is 1. The van der Waals surface area contributed by atoms with E-state index in [1.54, 1.807) is 0 Å². The minimum Gasteiger partial charge on any atom is -1.00 e. The van der Waals surface area contributed by atoms with Gasteiger partial charge < -0.3 is 12.4 Å². The number of fused-ring (bicyclic) bond motifs is 1. The van der Waals surface area contributed by atoms with E-state index in [4.69, 9.17) is 5.39 Å². The normalized spacial score (nSPS) is 8.92. The largest absolute Gasteiger partial charge is 1.00 e. The number of halogens is 1. The van der Waals surface area contributed by atoms with Crippen LogP contribution in [0, 0.1) is 5.39 Å². The second kappa shape index (κ2) is 3.48. The maximum atomic E-state index is 8.41. The summed E-state index contributed by atoms with van der Waals surface area (Å²) in [5, 5.41) is 8.82. The van der Waals surface area contributed by atoms with Crippen molar-refractivity contribution in [1.82, 2.24) is 4.98 Å². The molecule has 60 valence electrons. The van der Waals surface area contributed by atoms with Crippen molar-refractivity contribution >= 4 is 26.7 Å². The van der Waals surface area contributed by atoms with Crippen LogP contribution in [0.15, 0.2) is 24.3 Å². The molecule has 0 unspecified atom stereocenters.